The van der Waals surface area contributed by atoms with Crippen molar-refractivity contribution in [1.29, 1.82) is 0 Å². The highest BCUT2D eigenvalue weighted by atomic mass is 15.2. The van der Waals surface area contributed by atoms with E-state index in [2.05, 4.69) is 49.2 Å². The van der Waals surface area contributed by atoms with E-state index in [-0.39, 0.29) is 0 Å². The Morgan fingerprint density at radius 3 is 2.62 bits per heavy atom. The molecule has 0 amide bonds. The lowest BCUT2D eigenvalue weighted by atomic mass is 10.1. The van der Waals surface area contributed by atoms with Crippen LogP contribution in [0.1, 0.15) is 24.5 Å². The van der Waals surface area contributed by atoms with Crippen LogP contribution in [0.5, 0.6) is 0 Å². The van der Waals surface area contributed by atoms with Crippen molar-refractivity contribution in [3.8, 4) is 0 Å². The minimum Gasteiger partial charge on any atom is -0.367 e. The van der Waals surface area contributed by atoms with Gasteiger partial charge in [-0.15, -0.1) is 0 Å². The van der Waals surface area contributed by atoms with Gasteiger partial charge in [-0.2, -0.15) is 0 Å². The molecule has 1 unspecified atom stereocenters. The van der Waals surface area contributed by atoms with E-state index in [0.29, 0.717) is 6.04 Å². The highest BCUT2D eigenvalue weighted by Crippen LogP contribution is 2.26. The van der Waals surface area contributed by atoms with Crippen molar-refractivity contribution in [3.05, 3.63) is 29.3 Å². The second-order valence-electron chi connectivity index (χ2n) is 4.84. The quantitative estimate of drug-likeness (QED) is 0.779. The lowest BCUT2D eigenvalue weighted by Crippen LogP contribution is -2.38. The molecule has 1 heterocycles. The Labute approximate surface area is 98.7 Å². The summed E-state index contributed by atoms with van der Waals surface area (Å²) in [7, 11) is 0. The molecule has 0 radical (unpaired) electrons. The first-order chi connectivity index (χ1) is 7.70. The molecule has 0 bridgehead atoms. The van der Waals surface area contributed by atoms with E-state index in [4.69, 9.17) is 0 Å². The van der Waals surface area contributed by atoms with Crippen LogP contribution in [0.4, 0.5) is 5.69 Å². The van der Waals surface area contributed by atoms with Gasteiger partial charge in [-0.25, -0.2) is 0 Å². The summed E-state index contributed by atoms with van der Waals surface area (Å²) >= 11 is 0. The third-order valence-electron chi connectivity index (χ3n) is 3.45. The van der Waals surface area contributed by atoms with Crippen molar-refractivity contribution in [2.75, 3.05) is 24.5 Å². The topological polar surface area (TPSA) is 15.3 Å². The molecule has 1 aliphatic heterocycles. The van der Waals surface area contributed by atoms with Crippen LogP contribution in [-0.4, -0.2) is 25.7 Å². The molecular weight excluding hydrogens is 196 g/mol. The van der Waals surface area contributed by atoms with Gasteiger partial charge in [-0.3, -0.25) is 0 Å². The van der Waals surface area contributed by atoms with Gasteiger partial charge in [-0.1, -0.05) is 18.2 Å². The van der Waals surface area contributed by atoms with Crippen LogP contribution in [-0.2, 0) is 0 Å². The predicted octanol–water partition coefficient (Wildman–Crippen LogP) is 2.49. The van der Waals surface area contributed by atoms with Gasteiger partial charge < -0.3 is 10.2 Å². The van der Waals surface area contributed by atoms with Gasteiger partial charge in [0.15, 0.2) is 0 Å². The highest BCUT2D eigenvalue weighted by molar-refractivity contribution is 5.59. The molecule has 1 atom stereocenters. The van der Waals surface area contributed by atoms with E-state index >= 15 is 0 Å². The van der Waals surface area contributed by atoms with Crippen LogP contribution in [0.25, 0.3) is 0 Å². The Morgan fingerprint density at radius 2 is 1.94 bits per heavy atom. The third kappa shape index (κ3) is 2.22. The average Bonchev–Trinajstić information content (AvgIpc) is 2.44. The van der Waals surface area contributed by atoms with Crippen LogP contribution >= 0.6 is 0 Å². The fourth-order valence-electron chi connectivity index (χ4n) is 2.61. The minimum atomic E-state index is 0.585. The van der Waals surface area contributed by atoms with Gasteiger partial charge in [-0.05, 0) is 44.9 Å². The fraction of sp³-hybridized carbons (Fsp3) is 0.571. The Balaban J connectivity index is 2.33. The summed E-state index contributed by atoms with van der Waals surface area (Å²) in [5, 5.41) is 3.49. The molecule has 0 saturated carbocycles. The van der Waals surface area contributed by atoms with Gasteiger partial charge in [0.25, 0.3) is 0 Å². The summed E-state index contributed by atoms with van der Waals surface area (Å²) < 4.78 is 0. The summed E-state index contributed by atoms with van der Waals surface area (Å²) in [6.07, 6.45) is 1.23. The number of nitrogens with zero attached hydrogens (tertiary/aromatic N) is 1. The van der Waals surface area contributed by atoms with Crippen LogP contribution in [0.15, 0.2) is 18.2 Å². The van der Waals surface area contributed by atoms with Gasteiger partial charge >= 0.3 is 0 Å². The molecule has 1 aromatic carbocycles. The first-order valence-corrected chi connectivity index (χ1v) is 6.23. The Bertz CT molecular complexity index is 340. The van der Waals surface area contributed by atoms with Crippen molar-refractivity contribution >= 4 is 5.69 Å². The average molecular weight is 218 g/mol. The smallest absolute Gasteiger partial charge is 0.0428 e. The highest BCUT2D eigenvalue weighted by Gasteiger charge is 2.19. The van der Waals surface area contributed by atoms with Crippen LogP contribution in [0.2, 0.25) is 0 Å². The number of para-hydroxylation sites is 1. The lowest BCUT2D eigenvalue weighted by molar-refractivity contribution is 0.628. The predicted molar refractivity (Wildman–Crippen MR) is 70.2 cm³/mol. The largest absolute Gasteiger partial charge is 0.367 e. The lowest BCUT2D eigenvalue weighted by Gasteiger charge is -2.32. The molecule has 1 fully saturated rings. The van der Waals surface area contributed by atoms with Gasteiger partial charge in [0.2, 0.25) is 0 Å². The molecule has 16 heavy (non-hydrogen) atoms. The number of benzene rings is 1. The van der Waals surface area contributed by atoms with Crippen LogP contribution in [0.3, 0.4) is 0 Å². The second-order valence-corrected chi connectivity index (χ2v) is 4.84. The van der Waals surface area contributed by atoms with Gasteiger partial charge in [0, 0.05) is 24.8 Å². The number of nitrogens with one attached hydrogen (secondary N) is 1. The third-order valence-corrected chi connectivity index (χ3v) is 3.45. The maximum absolute atomic E-state index is 3.49. The van der Waals surface area contributed by atoms with Gasteiger partial charge in [0.05, 0.1) is 0 Å². The Morgan fingerprint density at radius 1 is 1.25 bits per heavy atom. The maximum Gasteiger partial charge on any atom is 0.0428 e. The zero-order valence-electron chi connectivity index (χ0n) is 10.6. The number of hydrogen-bond donors (Lipinski definition) is 1. The van der Waals surface area contributed by atoms with Gasteiger partial charge in [0.1, 0.15) is 0 Å². The molecule has 1 N–H and O–H groups in total. The van der Waals surface area contributed by atoms with Crippen molar-refractivity contribution < 1.29 is 0 Å². The Kier molecular flexibility index (Phi) is 3.49. The second kappa shape index (κ2) is 4.88. The summed E-state index contributed by atoms with van der Waals surface area (Å²) in [5.74, 6) is 0. The molecule has 2 heteroatoms. The normalized spacial score (nSPS) is 21.9. The van der Waals surface area contributed by atoms with E-state index in [9.17, 15) is 0 Å². The van der Waals surface area contributed by atoms with E-state index in [1.165, 1.54) is 29.8 Å². The van der Waals surface area contributed by atoms with Crippen molar-refractivity contribution in [2.24, 2.45) is 0 Å². The summed E-state index contributed by atoms with van der Waals surface area (Å²) in [4.78, 5) is 2.56. The number of rotatable bonds is 1. The first-order valence-electron chi connectivity index (χ1n) is 6.23. The molecule has 1 saturated heterocycles. The summed E-state index contributed by atoms with van der Waals surface area (Å²) in [6.45, 7) is 10.1. The molecule has 2 nitrogen and oxygen atoms in total. The fourth-order valence-corrected chi connectivity index (χ4v) is 2.61. The number of aryl methyl sites for hydroxylation is 2. The zero-order chi connectivity index (χ0) is 11.5. The molecule has 0 aromatic heterocycles. The van der Waals surface area contributed by atoms with E-state index in [1.807, 2.05) is 0 Å². The summed E-state index contributed by atoms with van der Waals surface area (Å²) in [6, 6.07) is 7.16. The Hall–Kier alpha value is -1.02. The molecule has 88 valence electrons. The SMILES string of the molecule is Cc1cccc(C)c1N1CCCNCC1C. The zero-order valence-corrected chi connectivity index (χ0v) is 10.6. The molecule has 2 rings (SSSR count). The molecule has 1 aromatic rings. The van der Waals surface area contributed by atoms with E-state index < -0.39 is 0 Å². The maximum atomic E-state index is 3.49. The standard InChI is InChI=1S/C14H22N2/c1-11-6-4-7-12(2)14(11)16-9-5-8-15-10-13(16)3/h4,6-7,13,15H,5,8-10H2,1-3H3. The molecule has 0 aliphatic carbocycles. The monoisotopic (exact) mass is 218 g/mol. The van der Waals surface area contributed by atoms with E-state index in [0.717, 1.165) is 13.1 Å². The van der Waals surface area contributed by atoms with Crippen LogP contribution in [0, 0.1) is 13.8 Å². The van der Waals surface area contributed by atoms with E-state index in [1.54, 1.807) is 0 Å². The molecule has 1 aliphatic rings. The molecule has 0 spiro atoms. The first kappa shape index (κ1) is 11.5. The van der Waals surface area contributed by atoms with Crippen molar-refractivity contribution in [1.82, 2.24) is 5.32 Å². The van der Waals surface area contributed by atoms with Crippen molar-refractivity contribution in [3.63, 3.8) is 0 Å². The number of anilines is 1. The van der Waals surface area contributed by atoms with Crippen molar-refractivity contribution in [2.45, 2.75) is 33.2 Å². The number of hydrogen-bond acceptors (Lipinski definition) is 2. The minimum absolute atomic E-state index is 0.585. The molecular formula is C14H22N2. The van der Waals surface area contributed by atoms with Crippen LogP contribution < -0.4 is 10.2 Å². The summed E-state index contributed by atoms with van der Waals surface area (Å²) in [5.41, 5.74) is 4.24.